The van der Waals surface area contributed by atoms with Crippen molar-refractivity contribution in [3.63, 3.8) is 0 Å². The van der Waals surface area contributed by atoms with Crippen LogP contribution in [0.3, 0.4) is 0 Å². The number of non-ortho nitro benzene ring substituents is 1. The van der Waals surface area contributed by atoms with E-state index in [1.807, 2.05) is 0 Å². The molecule has 0 aliphatic heterocycles. The van der Waals surface area contributed by atoms with Gasteiger partial charge in [0.1, 0.15) is 0 Å². The highest BCUT2D eigenvalue weighted by atomic mass is 127. The van der Waals surface area contributed by atoms with Crippen LogP contribution in [0.15, 0.2) is 42.7 Å². The molecule has 0 bridgehead atoms. The maximum Gasteiger partial charge on any atom is 0.312 e. The second kappa shape index (κ2) is 7.39. The van der Waals surface area contributed by atoms with Crippen LogP contribution < -0.4 is 34.1 Å². The Morgan fingerprint density at radius 3 is 1.70 bits per heavy atom. The van der Waals surface area contributed by atoms with Gasteiger partial charge in [-0.3, -0.25) is 30.3 Å². The van der Waals surface area contributed by atoms with Crippen molar-refractivity contribution in [3.8, 4) is 0 Å². The Morgan fingerprint density at radius 1 is 0.826 bits per heavy atom. The molecular formula is C11H8IN5O6. The van der Waals surface area contributed by atoms with E-state index in [1.165, 1.54) is 17.1 Å². The summed E-state index contributed by atoms with van der Waals surface area (Å²) < 4.78 is 1.25. The normalized spacial score (nSPS) is 9.57. The van der Waals surface area contributed by atoms with E-state index in [0.717, 1.165) is 0 Å². The largest absolute Gasteiger partial charge is 1.00 e. The summed E-state index contributed by atoms with van der Waals surface area (Å²) in [6, 6.07) is 6.20. The lowest BCUT2D eigenvalue weighted by atomic mass is 10.2. The van der Waals surface area contributed by atoms with Gasteiger partial charge in [-0.05, 0) is 0 Å². The summed E-state index contributed by atoms with van der Waals surface area (Å²) in [6.07, 6.45) is 2.93. The molecule has 1 N–H and O–H groups in total. The molecule has 12 heteroatoms. The number of hydrogen-bond acceptors (Lipinski definition) is 7. The number of nitro benzene ring substituents is 3. The maximum atomic E-state index is 11.1. The average molecular weight is 433 g/mol. The van der Waals surface area contributed by atoms with E-state index in [-0.39, 0.29) is 24.0 Å². The van der Waals surface area contributed by atoms with Crippen molar-refractivity contribution in [2.45, 2.75) is 0 Å². The number of benzene rings is 1. The maximum absolute atomic E-state index is 11.1. The van der Waals surface area contributed by atoms with Crippen LogP contribution in [0.5, 0.6) is 0 Å². The molecule has 0 amide bonds. The van der Waals surface area contributed by atoms with Crippen molar-refractivity contribution in [2.24, 2.45) is 0 Å². The minimum Gasteiger partial charge on any atom is -1.00 e. The number of aromatic nitrogens is 1. The molecule has 0 spiro atoms. The van der Waals surface area contributed by atoms with E-state index < -0.39 is 37.5 Å². The molecule has 2 aromatic rings. The quantitative estimate of drug-likeness (QED) is 0.264. The zero-order valence-corrected chi connectivity index (χ0v) is 13.3. The van der Waals surface area contributed by atoms with E-state index in [4.69, 9.17) is 0 Å². The van der Waals surface area contributed by atoms with Crippen molar-refractivity contribution in [3.05, 3.63) is 73.1 Å². The molecule has 0 fully saturated rings. The fraction of sp³-hybridized carbons (Fsp3) is 0. The molecule has 2 rings (SSSR count). The highest BCUT2D eigenvalue weighted by molar-refractivity contribution is 5.76. The molecule has 1 heterocycles. The summed E-state index contributed by atoms with van der Waals surface area (Å²) in [6.45, 7) is 0. The summed E-state index contributed by atoms with van der Waals surface area (Å²) in [7, 11) is 0. The standard InChI is InChI=1S/C11H8N5O6.HI/c17-14(18)8-6-9(15(19)20)11(10(7-8)16(21)22)12-13-4-2-1-3-5-13;/h1-7,12H;1H/q+1;/p-1. The highest BCUT2D eigenvalue weighted by Gasteiger charge is 2.32. The third kappa shape index (κ3) is 4.06. The van der Waals surface area contributed by atoms with Gasteiger partial charge >= 0.3 is 11.4 Å². The molecule has 0 atom stereocenters. The van der Waals surface area contributed by atoms with Crippen molar-refractivity contribution in [1.29, 1.82) is 0 Å². The lowest BCUT2D eigenvalue weighted by Gasteiger charge is -2.03. The Bertz CT molecular complexity index is 734. The van der Waals surface area contributed by atoms with Crippen molar-refractivity contribution in [2.75, 3.05) is 5.43 Å². The van der Waals surface area contributed by atoms with E-state index in [2.05, 4.69) is 5.43 Å². The van der Waals surface area contributed by atoms with Gasteiger partial charge in [-0.25, -0.2) is 0 Å². The minimum absolute atomic E-state index is 0. The first kappa shape index (κ1) is 18.1. The predicted octanol–water partition coefficient (Wildman–Crippen LogP) is -1.42. The lowest BCUT2D eigenvalue weighted by molar-refractivity contribution is -0.643. The molecule has 120 valence electrons. The van der Waals surface area contributed by atoms with Crippen molar-refractivity contribution >= 4 is 22.7 Å². The summed E-state index contributed by atoms with van der Waals surface area (Å²) in [5.41, 5.74) is -0.234. The summed E-state index contributed by atoms with van der Waals surface area (Å²) in [4.78, 5) is 30.1. The van der Waals surface area contributed by atoms with E-state index in [9.17, 15) is 30.3 Å². The van der Waals surface area contributed by atoms with Gasteiger partial charge in [-0.15, -0.1) is 5.43 Å². The molecule has 0 unspecified atom stereocenters. The molecule has 23 heavy (non-hydrogen) atoms. The first-order chi connectivity index (χ1) is 10.4. The lowest BCUT2D eigenvalue weighted by Crippen LogP contribution is -3.00. The molecule has 0 aliphatic rings. The molecule has 1 aromatic carbocycles. The number of anilines is 1. The van der Waals surface area contributed by atoms with Crippen molar-refractivity contribution < 1.29 is 43.4 Å². The monoisotopic (exact) mass is 433 g/mol. The van der Waals surface area contributed by atoms with E-state index in [1.54, 1.807) is 18.2 Å². The molecule has 0 radical (unpaired) electrons. The first-order valence-corrected chi connectivity index (χ1v) is 5.74. The molecule has 0 aliphatic carbocycles. The molecule has 0 saturated carbocycles. The van der Waals surface area contributed by atoms with Gasteiger partial charge in [0.25, 0.3) is 11.4 Å². The third-order valence-electron chi connectivity index (χ3n) is 2.64. The van der Waals surface area contributed by atoms with E-state index in [0.29, 0.717) is 12.1 Å². The van der Waals surface area contributed by atoms with Crippen LogP contribution >= 0.6 is 0 Å². The average Bonchev–Trinajstić information content (AvgIpc) is 2.47. The molecule has 11 nitrogen and oxygen atoms in total. The fourth-order valence-corrected chi connectivity index (χ4v) is 1.71. The van der Waals surface area contributed by atoms with Crippen LogP contribution in [0, 0.1) is 30.3 Å². The second-order valence-corrected chi connectivity index (χ2v) is 4.02. The summed E-state index contributed by atoms with van der Waals surface area (Å²) >= 11 is 0. The second-order valence-electron chi connectivity index (χ2n) is 4.02. The number of hydrogen-bond donors (Lipinski definition) is 1. The van der Waals surface area contributed by atoms with Crippen LogP contribution in [-0.2, 0) is 0 Å². The summed E-state index contributed by atoms with van der Waals surface area (Å²) in [5, 5.41) is 32.9. The SMILES string of the molecule is O=[N+]([O-])c1cc([N+](=O)[O-])c(N[n+]2ccccc2)c([N+](=O)[O-])c1.[I-]. The van der Waals surface area contributed by atoms with Gasteiger partial charge < -0.3 is 24.0 Å². The van der Waals surface area contributed by atoms with Crippen LogP contribution in [0.25, 0.3) is 0 Å². The highest BCUT2D eigenvalue weighted by Crippen LogP contribution is 2.37. The Hall–Kier alpha value is -2.90. The Balaban J connectivity index is 0.00000264. The molecule has 0 saturated heterocycles. The zero-order chi connectivity index (χ0) is 16.3. The van der Waals surface area contributed by atoms with Crippen molar-refractivity contribution in [1.82, 2.24) is 0 Å². The number of nitro groups is 3. The smallest absolute Gasteiger partial charge is 0.312 e. The molecule has 1 aromatic heterocycles. The Morgan fingerprint density at radius 2 is 1.30 bits per heavy atom. The fourth-order valence-electron chi connectivity index (χ4n) is 1.71. The first-order valence-electron chi connectivity index (χ1n) is 5.74. The number of rotatable bonds is 5. The van der Waals surface area contributed by atoms with Crippen LogP contribution in [0.2, 0.25) is 0 Å². The van der Waals surface area contributed by atoms with Gasteiger partial charge in [0.15, 0.2) is 12.4 Å². The topological polar surface area (TPSA) is 145 Å². The van der Waals surface area contributed by atoms with Gasteiger partial charge in [-0.2, -0.15) is 0 Å². The molecular weight excluding hydrogens is 425 g/mol. The Kier molecular flexibility index (Phi) is 5.83. The number of pyridine rings is 1. The van der Waals surface area contributed by atoms with Crippen LogP contribution in [-0.4, -0.2) is 14.8 Å². The number of nitrogens with one attached hydrogen (secondary N) is 1. The van der Waals surface area contributed by atoms with Gasteiger partial charge in [0.05, 0.1) is 26.9 Å². The predicted molar refractivity (Wildman–Crippen MR) is 72.1 cm³/mol. The van der Waals surface area contributed by atoms with Gasteiger partial charge in [0.2, 0.25) is 0 Å². The van der Waals surface area contributed by atoms with Crippen LogP contribution in [0.1, 0.15) is 0 Å². The minimum atomic E-state index is -0.931. The van der Waals surface area contributed by atoms with Gasteiger partial charge in [0, 0.05) is 12.1 Å². The third-order valence-corrected chi connectivity index (χ3v) is 2.64. The van der Waals surface area contributed by atoms with Gasteiger partial charge in [-0.1, -0.05) is 10.7 Å². The number of nitrogens with zero attached hydrogens (tertiary/aromatic N) is 4. The summed E-state index contributed by atoms with van der Waals surface area (Å²) in [5.74, 6) is 0. The van der Waals surface area contributed by atoms with E-state index >= 15 is 0 Å². The Labute approximate surface area is 145 Å². The van der Waals surface area contributed by atoms with Crippen LogP contribution in [0.4, 0.5) is 22.7 Å². The number of halogens is 1. The zero-order valence-electron chi connectivity index (χ0n) is 11.2.